The molecule has 0 saturated heterocycles. The van der Waals surface area contributed by atoms with Crippen molar-refractivity contribution in [1.29, 1.82) is 5.26 Å². The van der Waals surface area contributed by atoms with E-state index in [0.29, 0.717) is 29.1 Å². The summed E-state index contributed by atoms with van der Waals surface area (Å²) in [4.78, 5) is 12.8. The highest BCUT2D eigenvalue weighted by Gasteiger charge is 2.18. The number of fused-ring (bicyclic) bond motifs is 1. The number of hydrogen-bond acceptors (Lipinski definition) is 3. The first-order valence-electron chi connectivity index (χ1n) is 8.27. The zero-order valence-electron chi connectivity index (χ0n) is 14.1. The average Bonchev–Trinajstić information content (AvgIpc) is 3.25. The van der Waals surface area contributed by atoms with Crippen molar-refractivity contribution >= 4 is 22.7 Å². The van der Waals surface area contributed by atoms with Gasteiger partial charge in [0, 0.05) is 24.4 Å². The van der Waals surface area contributed by atoms with E-state index >= 15 is 0 Å². The van der Waals surface area contributed by atoms with Crippen LogP contribution in [0.25, 0.3) is 11.1 Å². The number of halogens is 1. The zero-order valence-corrected chi connectivity index (χ0v) is 14.1. The third-order valence-corrected chi connectivity index (χ3v) is 4.26. The van der Waals surface area contributed by atoms with Crippen LogP contribution in [0.3, 0.4) is 0 Å². The van der Waals surface area contributed by atoms with Crippen molar-refractivity contribution in [2.75, 3.05) is 5.32 Å². The summed E-state index contributed by atoms with van der Waals surface area (Å²) in [5.41, 5.74) is 3.56. The molecule has 132 valence electrons. The van der Waals surface area contributed by atoms with Gasteiger partial charge in [-0.25, -0.2) is 4.39 Å². The number of anilines is 1. The lowest BCUT2D eigenvalue weighted by molar-refractivity contribution is 0.101. The van der Waals surface area contributed by atoms with Gasteiger partial charge in [0.2, 0.25) is 0 Å². The minimum atomic E-state index is -0.327. The number of amides is 1. The van der Waals surface area contributed by atoms with Crippen LogP contribution >= 0.6 is 0 Å². The van der Waals surface area contributed by atoms with Crippen molar-refractivity contribution in [1.82, 2.24) is 4.57 Å². The highest BCUT2D eigenvalue weighted by molar-refractivity contribution is 6.05. The second kappa shape index (κ2) is 6.81. The number of nitriles is 1. The molecule has 1 amide bonds. The SMILES string of the molecule is N#Cc1ccc(NC(=O)c2cc3occc3n2Cc2cccc(F)c2)cc1. The predicted molar refractivity (Wildman–Crippen MR) is 98.8 cm³/mol. The third kappa shape index (κ3) is 3.31. The number of nitrogens with one attached hydrogen (secondary N) is 1. The predicted octanol–water partition coefficient (Wildman–Crippen LogP) is 4.55. The first kappa shape index (κ1) is 16.6. The molecule has 0 fully saturated rings. The van der Waals surface area contributed by atoms with Gasteiger partial charge in [-0.15, -0.1) is 0 Å². The van der Waals surface area contributed by atoms with Crippen molar-refractivity contribution in [2.45, 2.75) is 6.54 Å². The number of aromatic nitrogens is 1. The second-order valence-corrected chi connectivity index (χ2v) is 6.06. The van der Waals surface area contributed by atoms with Gasteiger partial charge in [-0.05, 0) is 42.0 Å². The minimum absolute atomic E-state index is 0.317. The average molecular weight is 359 g/mol. The number of nitrogens with zero attached hydrogens (tertiary/aromatic N) is 2. The second-order valence-electron chi connectivity index (χ2n) is 6.06. The van der Waals surface area contributed by atoms with E-state index in [1.165, 1.54) is 12.1 Å². The van der Waals surface area contributed by atoms with E-state index in [0.717, 1.165) is 11.1 Å². The van der Waals surface area contributed by atoms with Gasteiger partial charge < -0.3 is 14.3 Å². The summed E-state index contributed by atoms with van der Waals surface area (Å²) in [5.74, 6) is -0.644. The van der Waals surface area contributed by atoms with E-state index < -0.39 is 0 Å². The smallest absolute Gasteiger partial charge is 0.272 e. The molecule has 4 aromatic rings. The largest absolute Gasteiger partial charge is 0.463 e. The Bertz CT molecular complexity index is 1170. The Hall–Kier alpha value is -3.85. The molecule has 0 spiro atoms. The summed E-state index contributed by atoms with van der Waals surface area (Å²) < 4.78 is 20.7. The van der Waals surface area contributed by atoms with E-state index in [-0.39, 0.29) is 11.7 Å². The number of rotatable bonds is 4. The summed E-state index contributed by atoms with van der Waals surface area (Å²) in [5, 5.41) is 11.7. The molecular formula is C21H14FN3O2. The van der Waals surface area contributed by atoms with E-state index in [4.69, 9.17) is 9.68 Å². The molecule has 0 saturated carbocycles. The standard InChI is InChI=1S/C21H14FN3O2/c22-16-3-1-2-15(10-16)13-25-18-8-9-27-20(18)11-19(25)21(26)24-17-6-4-14(12-23)5-7-17/h1-11H,13H2,(H,24,26). The lowest BCUT2D eigenvalue weighted by atomic mass is 10.2. The Morgan fingerprint density at radius 1 is 1.15 bits per heavy atom. The maximum absolute atomic E-state index is 13.5. The third-order valence-electron chi connectivity index (χ3n) is 4.26. The molecule has 0 aliphatic rings. The monoisotopic (exact) mass is 359 g/mol. The molecule has 0 aliphatic heterocycles. The Morgan fingerprint density at radius 2 is 1.96 bits per heavy atom. The van der Waals surface area contributed by atoms with Crippen molar-refractivity contribution in [3.05, 3.63) is 89.6 Å². The summed E-state index contributed by atoms with van der Waals surface area (Å²) in [7, 11) is 0. The number of hydrogen-bond donors (Lipinski definition) is 1. The van der Waals surface area contributed by atoms with E-state index in [1.807, 2.05) is 6.07 Å². The quantitative estimate of drug-likeness (QED) is 0.581. The normalized spacial score (nSPS) is 10.7. The molecule has 6 heteroatoms. The van der Waals surface area contributed by atoms with Crippen molar-refractivity contribution < 1.29 is 13.6 Å². The summed E-state index contributed by atoms with van der Waals surface area (Å²) in [6.07, 6.45) is 1.55. The Kier molecular flexibility index (Phi) is 4.19. The first-order chi connectivity index (χ1) is 13.1. The molecular weight excluding hydrogens is 345 g/mol. The van der Waals surface area contributed by atoms with Crippen LogP contribution in [-0.2, 0) is 6.54 Å². The molecule has 2 heterocycles. The van der Waals surface area contributed by atoms with Crippen LogP contribution in [0.15, 0.2) is 71.3 Å². The van der Waals surface area contributed by atoms with Gasteiger partial charge in [-0.2, -0.15) is 5.26 Å². The van der Waals surface area contributed by atoms with Crippen molar-refractivity contribution in [3.8, 4) is 6.07 Å². The van der Waals surface area contributed by atoms with Crippen LogP contribution < -0.4 is 5.32 Å². The fourth-order valence-corrected chi connectivity index (χ4v) is 2.98. The van der Waals surface area contributed by atoms with Crippen molar-refractivity contribution in [2.24, 2.45) is 0 Å². The summed E-state index contributed by atoms with van der Waals surface area (Å²) in [6.45, 7) is 0.330. The maximum atomic E-state index is 13.5. The summed E-state index contributed by atoms with van der Waals surface area (Å²) in [6, 6.07) is 18.3. The summed E-state index contributed by atoms with van der Waals surface area (Å²) >= 11 is 0. The van der Waals surface area contributed by atoms with Gasteiger partial charge in [-0.3, -0.25) is 4.79 Å². The van der Waals surface area contributed by atoms with Crippen LogP contribution in [0, 0.1) is 17.1 Å². The van der Waals surface area contributed by atoms with Gasteiger partial charge in [0.05, 0.1) is 23.4 Å². The van der Waals surface area contributed by atoms with Gasteiger partial charge in [-0.1, -0.05) is 12.1 Å². The fraction of sp³-hybridized carbons (Fsp3) is 0.0476. The molecule has 27 heavy (non-hydrogen) atoms. The van der Waals surface area contributed by atoms with Crippen LogP contribution in [0.4, 0.5) is 10.1 Å². The Morgan fingerprint density at radius 3 is 2.70 bits per heavy atom. The van der Waals surface area contributed by atoms with Gasteiger partial charge >= 0.3 is 0 Å². The molecule has 0 radical (unpaired) electrons. The number of benzene rings is 2. The minimum Gasteiger partial charge on any atom is -0.463 e. The topological polar surface area (TPSA) is 71.0 Å². The van der Waals surface area contributed by atoms with Gasteiger partial charge in [0.15, 0.2) is 5.58 Å². The van der Waals surface area contributed by atoms with Crippen LogP contribution in [0.5, 0.6) is 0 Å². The highest BCUT2D eigenvalue weighted by Crippen LogP contribution is 2.24. The Balaban J connectivity index is 1.67. The first-order valence-corrected chi connectivity index (χ1v) is 8.27. The van der Waals surface area contributed by atoms with Gasteiger partial charge in [0.25, 0.3) is 5.91 Å². The molecule has 5 nitrogen and oxygen atoms in total. The van der Waals surface area contributed by atoms with Gasteiger partial charge in [0.1, 0.15) is 11.5 Å². The lowest BCUT2D eigenvalue weighted by Crippen LogP contribution is -2.17. The molecule has 2 aromatic heterocycles. The van der Waals surface area contributed by atoms with Crippen LogP contribution in [-0.4, -0.2) is 10.5 Å². The van der Waals surface area contributed by atoms with Crippen LogP contribution in [0.1, 0.15) is 21.6 Å². The number of furan rings is 1. The number of carbonyl (C=O) groups excluding carboxylic acids is 1. The molecule has 0 bridgehead atoms. The maximum Gasteiger partial charge on any atom is 0.272 e. The van der Waals surface area contributed by atoms with E-state index in [9.17, 15) is 9.18 Å². The number of carbonyl (C=O) groups is 1. The van der Waals surface area contributed by atoms with E-state index in [1.54, 1.807) is 59.4 Å². The fourth-order valence-electron chi connectivity index (χ4n) is 2.98. The molecule has 0 unspecified atom stereocenters. The van der Waals surface area contributed by atoms with Crippen LogP contribution in [0.2, 0.25) is 0 Å². The highest BCUT2D eigenvalue weighted by atomic mass is 19.1. The molecule has 0 aliphatic carbocycles. The molecule has 0 atom stereocenters. The lowest BCUT2D eigenvalue weighted by Gasteiger charge is -2.11. The molecule has 1 N–H and O–H groups in total. The zero-order chi connectivity index (χ0) is 18.8. The van der Waals surface area contributed by atoms with E-state index in [2.05, 4.69) is 5.32 Å². The Labute approximate surface area is 154 Å². The molecule has 2 aromatic carbocycles. The molecule has 4 rings (SSSR count). The van der Waals surface area contributed by atoms with Crippen molar-refractivity contribution in [3.63, 3.8) is 0 Å².